The lowest BCUT2D eigenvalue weighted by Gasteiger charge is -2.11. The van der Waals surface area contributed by atoms with E-state index < -0.39 is 0 Å². The zero-order chi connectivity index (χ0) is 15.7. The number of fused-ring (bicyclic) bond motifs is 1. The van der Waals surface area contributed by atoms with Gasteiger partial charge < -0.3 is 5.32 Å². The quantitative estimate of drug-likeness (QED) is 0.843. The highest BCUT2D eigenvalue weighted by Gasteiger charge is 2.27. The number of halogens is 1. The molecule has 3 nitrogen and oxygen atoms in total. The van der Waals surface area contributed by atoms with Gasteiger partial charge in [-0.3, -0.25) is 9.59 Å². The number of rotatable bonds is 3. The fourth-order valence-electron chi connectivity index (χ4n) is 2.83. The lowest BCUT2D eigenvalue weighted by molar-refractivity contribution is -0.119. The van der Waals surface area contributed by atoms with E-state index in [1.54, 1.807) is 18.2 Å². The highest BCUT2D eigenvalue weighted by molar-refractivity contribution is 9.10. The monoisotopic (exact) mass is 357 g/mol. The van der Waals surface area contributed by atoms with Gasteiger partial charge in [0, 0.05) is 21.6 Å². The van der Waals surface area contributed by atoms with Crippen LogP contribution in [0.25, 0.3) is 0 Å². The summed E-state index contributed by atoms with van der Waals surface area (Å²) in [6.07, 6.45) is 1.52. The highest BCUT2D eigenvalue weighted by atomic mass is 79.9. The smallest absolute Gasteiger partial charge is 0.228 e. The van der Waals surface area contributed by atoms with Crippen LogP contribution in [0.5, 0.6) is 0 Å². The van der Waals surface area contributed by atoms with Gasteiger partial charge in [0.05, 0.1) is 0 Å². The van der Waals surface area contributed by atoms with E-state index in [9.17, 15) is 9.59 Å². The second-order valence-electron chi connectivity index (χ2n) is 5.64. The van der Waals surface area contributed by atoms with Crippen LogP contribution < -0.4 is 5.32 Å². The predicted octanol–water partition coefficient (Wildman–Crippen LogP) is 4.01. The first-order valence-electron chi connectivity index (χ1n) is 7.22. The molecule has 4 heteroatoms. The minimum Gasteiger partial charge on any atom is -0.326 e. The van der Waals surface area contributed by atoms with Crippen LogP contribution in [0.15, 0.2) is 46.9 Å². The van der Waals surface area contributed by atoms with E-state index in [-0.39, 0.29) is 17.6 Å². The van der Waals surface area contributed by atoms with Crippen LogP contribution in [-0.2, 0) is 17.6 Å². The zero-order valence-electron chi connectivity index (χ0n) is 12.2. The van der Waals surface area contributed by atoms with Crippen LogP contribution in [0.2, 0.25) is 0 Å². The first-order valence-corrected chi connectivity index (χ1v) is 8.01. The summed E-state index contributed by atoms with van der Waals surface area (Å²) >= 11 is 3.46. The molecule has 3 rings (SSSR count). The van der Waals surface area contributed by atoms with Gasteiger partial charge in [0.1, 0.15) is 0 Å². The number of Topliss-reactive ketones (excluding diaryl/α,β-unsaturated/α-hetero) is 1. The Kier molecular flexibility index (Phi) is 4.12. The van der Waals surface area contributed by atoms with E-state index >= 15 is 0 Å². The molecule has 2 aromatic carbocycles. The van der Waals surface area contributed by atoms with E-state index in [0.717, 1.165) is 17.3 Å². The number of hydrogen-bond donors (Lipinski definition) is 1. The molecule has 22 heavy (non-hydrogen) atoms. The first kappa shape index (κ1) is 15.0. The largest absolute Gasteiger partial charge is 0.326 e. The third-order valence-electron chi connectivity index (χ3n) is 4.01. The summed E-state index contributed by atoms with van der Waals surface area (Å²) in [6.45, 7) is 1.52. The average molecular weight is 358 g/mol. The van der Waals surface area contributed by atoms with E-state index in [2.05, 4.69) is 33.4 Å². The van der Waals surface area contributed by atoms with Gasteiger partial charge in [-0.05, 0) is 55.2 Å². The molecule has 2 aromatic rings. The first-order chi connectivity index (χ1) is 10.5. The summed E-state index contributed by atoms with van der Waals surface area (Å²) in [7, 11) is 0. The summed E-state index contributed by atoms with van der Waals surface area (Å²) in [5, 5.41) is 2.93. The van der Waals surface area contributed by atoms with Crippen molar-refractivity contribution in [3.8, 4) is 0 Å². The number of anilines is 1. The van der Waals surface area contributed by atoms with E-state index in [1.807, 2.05) is 12.1 Å². The van der Waals surface area contributed by atoms with Crippen LogP contribution >= 0.6 is 15.9 Å². The minimum absolute atomic E-state index is 0.00535. The fourth-order valence-corrected chi connectivity index (χ4v) is 3.24. The van der Waals surface area contributed by atoms with Crippen LogP contribution in [0.3, 0.4) is 0 Å². The Labute approximate surface area is 137 Å². The molecule has 1 amide bonds. The van der Waals surface area contributed by atoms with Crippen molar-refractivity contribution in [1.29, 1.82) is 0 Å². The summed E-state index contributed by atoms with van der Waals surface area (Å²) < 4.78 is 1.04. The number of carbonyl (C=O) groups is 2. The maximum atomic E-state index is 12.4. The Bertz CT molecular complexity index is 755. The van der Waals surface area contributed by atoms with Gasteiger partial charge in [0.15, 0.2) is 5.78 Å². The van der Waals surface area contributed by atoms with Crippen molar-refractivity contribution in [3.05, 3.63) is 63.6 Å². The molecule has 1 unspecified atom stereocenters. The lowest BCUT2D eigenvalue weighted by atomic mass is 10.1. The molecule has 112 valence electrons. The van der Waals surface area contributed by atoms with Gasteiger partial charge in [-0.1, -0.05) is 34.1 Å². The zero-order valence-corrected chi connectivity index (χ0v) is 13.8. The molecule has 1 atom stereocenters. The number of ketones is 1. The number of nitrogens with one attached hydrogen (secondary N) is 1. The summed E-state index contributed by atoms with van der Waals surface area (Å²) in [6, 6.07) is 13.2. The predicted molar refractivity (Wildman–Crippen MR) is 90.1 cm³/mol. The molecule has 1 aliphatic carbocycles. The van der Waals surface area contributed by atoms with Gasteiger partial charge in [0.25, 0.3) is 0 Å². The second-order valence-corrected chi connectivity index (χ2v) is 6.56. The third kappa shape index (κ3) is 3.12. The van der Waals surface area contributed by atoms with Crippen LogP contribution in [0, 0.1) is 5.92 Å². The van der Waals surface area contributed by atoms with Crippen molar-refractivity contribution in [3.63, 3.8) is 0 Å². The summed E-state index contributed by atoms with van der Waals surface area (Å²) in [5.41, 5.74) is 3.75. The summed E-state index contributed by atoms with van der Waals surface area (Å²) in [4.78, 5) is 23.8. The molecule has 0 heterocycles. The van der Waals surface area contributed by atoms with E-state index in [0.29, 0.717) is 11.3 Å². The SMILES string of the molecule is CC(=O)c1cccc(NC(=O)C2Cc3ccc(Br)cc3C2)c1. The Morgan fingerprint density at radius 1 is 1.09 bits per heavy atom. The van der Waals surface area contributed by atoms with Crippen molar-refractivity contribution in [2.45, 2.75) is 19.8 Å². The molecule has 0 saturated carbocycles. The molecule has 1 N–H and O–H groups in total. The Balaban J connectivity index is 1.71. The van der Waals surface area contributed by atoms with Crippen molar-refractivity contribution in [2.75, 3.05) is 5.32 Å². The topological polar surface area (TPSA) is 46.2 Å². The van der Waals surface area contributed by atoms with Crippen molar-refractivity contribution >= 4 is 33.3 Å². The Morgan fingerprint density at radius 3 is 2.64 bits per heavy atom. The van der Waals surface area contributed by atoms with Gasteiger partial charge in [-0.2, -0.15) is 0 Å². The second kappa shape index (κ2) is 6.05. The molecule has 0 bridgehead atoms. The van der Waals surface area contributed by atoms with Gasteiger partial charge in [0.2, 0.25) is 5.91 Å². The van der Waals surface area contributed by atoms with Crippen LogP contribution in [-0.4, -0.2) is 11.7 Å². The molecule has 1 aliphatic rings. The van der Waals surface area contributed by atoms with Crippen molar-refractivity contribution in [2.24, 2.45) is 5.92 Å². The molecule has 0 saturated heterocycles. The maximum Gasteiger partial charge on any atom is 0.228 e. The molecule has 0 spiro atoms. The number of amides is 1. The molecule has 0 aliphatic heterocycles. The fraction of sp³-hybridized carbons (Fsp3) is 0.222. The van der Waals surface area contributed by atoms with Gasteiger partial charge in [-0.25, -0.2) is 0 Å². The molecule has 0 fully saturated rings. The number of carbonyl (C=O) groups excluding carboxylic acids is 2. The van der Waals surface area contributed by atoms with Crippen LogP contribution in [0.1, 0.15) is 28.4 Å². The van der Waals surface area contributed by atoms with Crippen molar-refractivity contribution in [1.82, 2.24) is 0 Å². The standard InChI is InChI=1S/C18H16BrNO2/c1-11(21)12-3-2-4-17(10-12)20-18(22)15-7-13-5-6-16(19)9-14(13)8-15/h2-6,9-10,15H,7-8H2,1H3,(H,20,22). The normalized spacial score (nSPS) is 16.2. The van der Waals surface area contributed by atoms with Crippen LogP contribution in [0.4, 0.5) is 5.69 Å². The highest BCUT2D eigenvalue weighted by Crippen LogP contribution is 2.30. The Hall–Kier alpha value is -1.94. The number of hydrogen-bond acceptors (Lipinski definition) is 2. The molecule has 0 aromatic heterocycles. The third-order valence-corrected chi connectivity index (χ3v) is 4.50. The molecule has 0 radical (unpaired) electrons. The molecular formula is C18H16BrNO2. The summed E-state index contributed by atoms with van der Waals surface area (Å²) in [5.74, 6) is -0.0486. The van der Waals surface area contributed by atoms with Crippen molar-refractivity contribution < 1.29 is 9.59 Å². The van der Waals surface area contributed by atoms with Gasteiger partial charge in [-0.15, -0.1) is 0 Å². The Morgan fingerprint density at radius 2 is 1.86 bits per heavy atom. The average Bonchev–Trinajstić information content (AvgIpc) is 2.90. The van der Waals surface area contributed by atoms with E-state index in [4.69, 9.17) is 0 Å². The minimum atomic E-state index is -0.0507. The number of benzene rings is 2. The lowest BCUT2D eigenvalue weighted by Crippen LogP contribution is -2.23. The van der Waals surface area contributed by atoms with Gasteiger partial charge >= 0.3 is 0 Å². The maximum absolute atomic E-state index is 12.4. The van der Waals surface area contributed by atoms with E-state index in [1.165, 1.54) is 18.1 Å². The molecular weight excluding hydrogens is 342 g/mol.